The van der Waals surface area contributed by atoms with Crippen LogP contribution in [0, 0.1) is 5.82 Å². The number of piperazine rings is 1. The van der Waals surface area contributed by atoms with Gasteiger partial charge in [0, 0.05) is 49.0 Å². The first-order chi connectivity index (χ1) is 24.4. The number of ether oxygens (including phenoxy) is 1. The van der Waals surface area contributed by atoms with Crippen molar-refractivity contribution >= 4 is 47.6 Å². The summed E-state index contributed by atoms with van der Waals surface area (Å²) < 4.78 is 20.4. The van der Waals surface area contributed by atoms with Crippen LogP contribution in [0.1, 0.15) is 28.4 Å². The molecule has 1 saturated heterocycles. The number of aldehydes is 1. The first-order valence-electron chi connectivity index (χ1n) is 16.8. The number of amides is 1. The Bertz CT molecular complexity index is 1950. The second-order valence-electron chi connectivity index (χ2n) is 12.7. The molecule has 5 aromatic carbocycles. The number of carbonyl (C=O) groups is 2. The van der Waals surface area contributed by atoms with Gasteiger partial charge in [-0.2, -0.15) is 0 Å². The van der Waals surface area contributed by atoms with Crippen molar-refractivity contribution in [3.05, 3.63) is 154 Å². The largest absolute Gasteiger partial charge is 0.369 e. The minimum Gasteiger partial charge on any atom is -0.369 e. The zero-order valence-corrected chi connectivity index (χ0v) is 29.5. The van der Waals surface area contributed by atoms with Crippen molar-refractivity contribution in [2.45, 2.75) is 31.3 Å². The van der Waals surface area contributed by atoms with E-state index in [4.69, 9.17) is 22.1 Å². The van der Waals surface area contributed by atoms with Gasteiger partial charge in [0.1, 0.15) is 24.2 Å². The molecule has 2 heterocycles. The predicted molar refractivity (Wildman–Crippen MR) is 203 cm³/mol. The average molecular weight is 726 g/mol. The van der Waals surface area contributed by atoms with Gasteiger partial charge in [0.05, 0.1) is 12.2 Å². The molecule has 7 nitrogen and oxygen atoms in total. The fourth-order valence-corrected chi connectivity index (χ4v) is 7.14. The lowest BCUT2D eigenvalue weighted by Crippen LogP contribution is -2.58. The number of hydrogen-bond acceptors (Lipinski definition) is 6. The van der Waals surface area contributed by atoms with Gasteiger partial charge in [-0.3, -0.25) is 9.69 Å². The van der Waals surface area contributed by atoms with Crippen LogP contribution in [0.5, 0.6) is 0 Å². The van der Waals surface area contributed by atoms with Crippen LogP contribution in [0.15, 0.2) is 121 Å². The maximum absolute atomic E-state index is 14.9. The molecule has 2 aliphatic heterocycles. The molecule has 51 heavy (non-hydrogen) atoms. The Balaban J connectivity index is 0.00000448. The van der Waals surface area contributed by atoms with Crippen LogP contribution in [-0.2, 0) is 27.4 Å². The van der Waals surface area contributed by atoms with Crippen molar-refractivity contribution < 1.29 is 18.7 Å². The summed E-state index contributed by atoms with van der Waals surface area (Å²) >= 11 is 6.61. The van der Waals surface area contributed by atoms with Crippen molar-refractivity contribution in [1.82, 2.24) is 4.90 Å². The van der Waals surface area contributed by atoms with Crippen LogP contribution in [0.3, 0.4) is 0 Å². The van der Waals surface area contributed by atoms with Gasteiger partial charge in [0.2, 0.25) is 0 Å². The van der Waals surface area contributed by atoms with Crippen LogP contribution in [0.2, 0.25) is 5.02 Å². The quantitative estimate of drug-likeness (QED) is 0.159. The van der Waals surface area contributed by atoms with Crippen LogP contribution in [0.4, 0.5) is 15.8 Å². The smallest absolute Gasteiger partial charge is 0.258 e. The van der Waals surface area contributed by atoms with Gasteiger partial charge in [-0.15, -0.1) is 12.4 Å². The third kappa shape index (κ3) is 7.86. The van der Waals surface area contributed by atoms with Crippen molar-refractivity contribution in [3.8, 4) is 11.1 Å². The number of fused-ring (bicyclic) bond motifs is 1. The third-order valence-corrected chi connectivity index (χ3v) is 9.86. The Morgan fingerprint density at radius 1 is 0.824 bits per heavy atom. The zero-order chi connectivity index (χ0) is 34.6. The lowest BCUT2D eigenvalue weighted by molar-refractivity contribution is -0.142. The normalized spacial score (nSPS) is 18.4. The fraction of sp³-hybridized carbons (Fsp3) is 0.220. The number of nitrogens with zero attached hydrogens (tertiary/aromatic N) is 3. The Hall–Kier alpha value is -4.57. The molecule has 1 fully saturated rings. The lowest BCUT2D eigenvalue weighted by atomic mass is 9.97. The van der Waals surface area contributed by atoms with Crippen LogP contribution >= 0.6 is 24.0 Å². The number of nitrogens with two attached hydrogens (primary N) is 1. The molecule has 2 N–H and O–H groups in total. The number of carbonyl (C=O) groups excluding carboxylic acids is 2. The summed E-state index contributed by atoms with van der Waals surface area (Å²) in [5.41, 5.74) is 13.2. The molecule has 262 valence electrons. The second kappa shape index (κ2) is 16.2. The molecule has 3 unspecified atom stereocenters. The van der Waals surface area contributed by atoms with E-state index in [0.717, 1.165) is 45.4 Å². The van der Waals surface area contributed by atoms with Gasteiger partial charge < -0.3 is 25.1 Å². The standard InChI is InChI=1S/C41H38ClFN4O3.ClH/c42-33-13-18-37-36(24-33)39(32-8-4-5-29(23-32)25-44)50-40(38(27-48)46-21-19-45(20-22-46)35-16-14-34(43)15-17-35)41(49)47(37)26-28-9-11-31(12-10-28)30-6-2-1-3-7-30;/h1-18,23-24,27,38-40H,19-22,25-26,44H2;1H. The minimum atomic E-state index is -1.12. The molecule has 3 atom stereocenters. The maximum atomic E-state index is 14.9. The van der Waals surface area contributed by atoms with Gasteiger partial charge in [0.15, 0.2) is 6.10 Å². The number of rotatable bonds is 9. The molecule has 5 aromatic rings. The molecule has 0 aromatic heterocycles. The van der Waals surface area contributed by atoms with Crippen molar-refractivity contribution in [1.29, 1.82) is 0 Å². The summed E-state index contributed by atoms with van der Waals surface area (Å²) in [7, 11) is 0. The molecular weight excluding hydrogens is 686 g/mol. The zero-order valence-electron chi connectivity index (χ0n) is 27.9. The van der Waals surface area contributed by atoms with E-state index in [9.17, 15) is 14.0 Å². The highest BCUT2D eigenvalue weighted by atomic mass is 35.5. The first-order valence-corrected chi connectivity index (χ1v) is 17.2. The average Bonchev–Trinajstić information content (AvgIpc) is 3.27. The highest BCUT2D eigenvalue weighted by molar-refractivity contribution is 6.30. The van der Waals surface area contributed by atoms with E-state index in [1.807, 2.05) is 71.6 Å². The van der Waals surface area contributed by atoms with E-state index in [2.05, 4.69) is 29.2 Å². The summed E-state index contributed by atoms with van der Waals surface area (Å²) in [6, 6.07) is 37.1. The Morgan fingerprint density at radius 3 is 2.22 bits per heavy atom. The molecule has 7 rings (SSSR count). The summed E-state index contributed by atoms with van der Waals surface area (Å²) in [4.78, 5) is 33.8. The monoisotopic (exact) mass is 724 g/mol. The van der Waals surface area contributed by atoms with Gasteiger partial charge in [0.25, 0.3) is 5.91 Å². The van der Waals surface area contributed by atoms with Gasteiger partial charge in [-0.25, -0.2) is 4.39 Å². The van der Waals surface area contributed by atoms with Gasteiger partial charge in [-0.05, 0) is 70.3 Å². The molecule has 10 heteroatoms. The Morgan fingerprint density at radius 2 is 1.53 bits per heavy atom. The predicted octanol–water partition coefficient (Wildman–Crippen LogP) is 7.44. The Labute approximate surface area is 308 Å². The van der Waals surface area contributed by atoms with Crippen molar-refractivity contribution in [2.75, 3.05) is 36.0 Å². The fourth-order valence-electron chi connectivity index (χ4n) is 6.96. The van der Waals surface area contributed by atoms with E-state index >= 15 is 0 Å². The molecule has 0 aliphatic carbocycles. The van der Waals surface area contributed by atoms with Crippen LogP contribution < -0.4 is 15.5 Å². The molecule has 0 bridgehead atoms. The molecular formula is C41H39Cl2FN4O3. The molecule has 0 radical (unpaired) electrons. The number of benzene rings is 5. The highest BCUT2D eigenvalue weighted by Gasteiger charge is 2.43. The van der Waals surface area contributed by atoms with Crippen molar-refractivity contribution in [2.24, 2.45) is 5.73 Å². The minimum absolute atomic E-state index is 0. The van der Waals surface area contributed by atoms with Crippen LogP contribution in [0.25, 0.3) is 11.1 Å². The van der Waals surface area contributed by atoms with Gasteiger partial charge in [-0.1, -0.05) is 90.5 Å². The van der Waals surface area contributed by atoms with Gasteiger partial charge >= 0.3 is 0 Å². The van der Waals surface area contributed by atoms with E-state index in [1.165, 1.54) is 12.1 Å². The van der Waals surface area contributed by atoms with Crippen LogP contribution in [-0.4, -0.2) is 55.4 Å². The van der Waals surface area contributed by atoms with Crippen molar-refractivity contribution in [3.63, 3.8) is 0 Å². The summed E-state index contributed by atoms with van der Waals surface area (Å²) in [5.74, 6) is -0.598. The lowest BCUT2D eigenvalue weighted by Gasteiger charge is -2.41. The first kappa shape index (κ1) is 36.2. The maximum Gasteiger partial charge on any atom is 0.258 e. The van der Waals surface area contributed by atoms with E-state index in [1.54, 1.807) is 23.1 Å². The summed E-state index contributed by atoms with van der Waals surface area (Å²) in [6.07, 6.45) is -0.983. The molecule has 2 aliphatic rings. The highest BCUT2D eigenvalue weighted by Crippen LogP contribution is 2.41. The molecule has 0 spiro atoms. The van der Waals surface area contributed by atoms with E-state index in [-0.39, 0.29) is 30.7 Å². The second-order valence-corrected chi connectivity index (χ2v) is 13.1. The molecule has 0 saturated carbocycles. The Kier molecular flexibility index (Phi) is 11.5. The SMILES string of the molecule is Cl.NCc1cccc(C2OC(C(C=O)N3CCN(c4ccc(F)cc4)CC3)C(=O)N(Cc3ccc(-c4ccccc4)cc3)c3ccc(Cl)cc32)c1. The molecule has 1 amide bonds. The summed E-state index contributed by atoms with van der Waals surface area (Å²) in [6.45, 7) is 2.84. The number of halogens is 3. The topological polar surface area (TPSA) is 79.1 Å². The third-order valence-electron chi connectivity index (χ3n) is 9.62. The summed E-state index contributed by atoms with van der Waals surface area (Å²) in [5, 5.41) is 0.509. The number of hydrogen-bond donors (Lipinski definition) is 1. The number of anilines is 2. The van der Waals surface area contributed by atoms with E-state index in [0.29, 0.717) is 43.4 Å². The van der Waals surface area contributed by atoms with E-state index < -0.39 is 18.2 Å².